The lowest BCUT2D eigenvalue weighted by Gasteiger charge is -2.15. The lowest BCUT2D eigenvalue weighted by molar-refractivity contribution is 0.0734. The standard InChI is InChI=1S/C21H17N5O/c1-21(2,27)19-13-24-26-18(12-23-20(26)25-19)15-8-5-7-14(10-15)17-9-4-3-6-16(17)11-22/h3-10,12-13,27H,1-2H3. The summed E-state index contributed by atoms with van der Waals surface area (Å²) in [6.07, 6.45) is 3.26. The lowest BCUT2D eigenvalue weighted by atomic mass is 9.98. The number of imidazole rings is 1. The molecule has 0 spiro atoms. The second kappa shape index (κ2) is 6.31. The summed E-state index contributed by atoms with van der Waals surface area (Å²) in [7, 11) is 0. The van der Waals surface area contributed by atoms with Gasteiger partial charge in [-0.25, -0.2) is 9.97 Å². The van der Waals surface area contributed by atoms with E-state index in [4.69, 9.17) is 0 Å². The Bertz CT molecular complexity index is 1180. The van der Waals surface area contributed by atoms with E-state index >= 15 is 0 Å². The smallest absolute Gasteiger partial charge is 0.251 e. The molecule has 4 rings (SSSR count). The minimum atomic E-state index is -1.08. The van der Waals surface area contributed by atoms with Crippen molar-refractivity contribution in [3.63, 3.8) is 0 Å². The van der Waals surface area contributed by atoms with Gasteiger partial charge in [-0.15, -0.1) is 0 Å². The minimum absolute atomic E-state index is 0.424. The molecular weight excluding hydrogens is 338 g/mol. The number of nitriles is 1. The molecule has 6 nitrogen and oxygen atoms in total. The predicted octanol–water partition coefficient (Wildman–Crippen LogP) is 3.56. The van der Waals surface area contributed by atoms with Crippen molar-refractivity contribution in [3.8, 4) is 28.5 Å². The fourth-order valence-corrected chi connectivity index (χ4v) is 2.95. The molecule has 0 aliphatic carbocycles. The predicted molar refractivity (Wildman–Crippen MR) is 102 cm³/mol. The van der Waals surface area contributed by atoms with Gasteiger partial charge in [0.2, 0.25) is 0 Å². The highest BCUT2D eigenvalue weighted by Gasteiger charge is 2.20. The number of aliphatic hydroxyl groups is 1. The van der Waals surface area contributed by atoms with Crippen LogP contribution in [0.4, 0.5) is 0 Å². The summed E-state index contributed by atoms with van der Waals surface area (Å²) in [4.78, 5) is 8.73. The van der Waals surface area contributed by atoms with Crippen molar-refractivity contribution < 1.29 is 5.11 Å². The number of hydrogen-bond acceptors (Lipinski definition) is 5. The number of nitrogens with zero attached hydrogens (tertiary/aromatic N) is 5. The molecule has 132 valence electrons. The zero-order valence-electron chi connectivity index (χ0n) is 15.0. The van der Waals surface area contributed by atoms with Crippen LogP contribution in [-0.4, -0.2) is 24.7 Å². The Morgan fingerprint density at radius 3 is 2.59 bits per heavy atom. The molecule has 2 heterocycles. The van der Waals surface area contributed by atoms with Crippen LogP contribution in [0.1, 0.15) is 25.1 Å². The van der Waals surface area contributed by atoms with Gasteiger partial charge in [-0.1, -0.05) is 36.4 Å². The third-order valence-electron chi connectivity index (χ3n) is 4.38. The van der Waals surface area contributed by atoms with Gasteiger partial charge in [0.1, 0.15) is 5.60 Å². The summed E-state index contributed by atoms with van der Waals surface area (Å²) >= 11 is 0. The molecule has 2 aromatic heterocycles. The molecule has 27 heavy (non-hydrogen) atoms. The Labute approximate surface area is 156 Å². The zero-order valence-corrected chi connectivity index (χ0v) is 15.0. The maximum absolute atomic E-state index is 10.1. The van der Waals surface area contributed by atoms with Crippen molar-refractivity contribution >= 4 is 5.78 Å². The van der Waals surface area contributed by atoms with E-state index < -0.39 is 5.60 Å². The van der Waals surface area contributed by atoms with Gasteiger partial charge in [0, 0.05) is 5.56 Å². The second-order valence-electron chi connectivity index (χ2n) is 6.79. The number of benzene rings is 2. The van der Waals surface area contributed by atoms with Crippen LogP contribution < -0.4 is 0 Å². The average molecular weight is 355 g/mol. The van der Waals surface area contributed by atoms with Crippen LogP contribution in [0.2, 0.25) is 0 Å². The van der Waals surface area contributed by atoms with Crippen LogP contribution in [0, 0.1) is 11.3 Å². The Morgan fingerprint density at radius 2 is 1.81 bits per heavy atom. The first-order valence-electron chi connectivity index (χ1n) is 8.51. The van der Waals surface area contributed by atoms with E-state index in [1.807, 2.05) is 42.5 Å². The monoisotopic (exact) mass is 355 g/mol. The Kier molecular flexibility index (Phi) is 3.94. The lowest BCUT2D eigenvalue weighted by Crippen LogP contribution is -2.19. The molecule has 0 aliphatic rings. The quantitative estimate of drug-likeness (QED) is 0.607. The highest BCUT2D eigenvalue weighted by Crippen LogP contribution is 2.28. The van der Waals surface area contributed by atoms with Crippen molar-refractivity contribution in [1.82, 2.24) is 19.6 Å². The van der Waals surface area contributed by atoms with Crippen LogP contribution >= 0.6 is 0 Å². The van der Waals surface area contributed by atoms with E-state index in [-0.39, 0.29) is 0 Å². The summed E-state index contributed by atoms with van der Waals surface area (Å²) in [6.45, 7) is 3.32. The van der Waals surface area contributed by atoms with Crippen molar-refractivity contribution in [1.29, 1.82) is 5.26 Å². The molecule has 0 amide bonds. The molecular formula is C21H17N5O. The summed E-state index contributed by atoms with van der Waals surface area (Å²) in [5.41, 5.74) is 3.54. The molecule has 0 saturated heterocycles. The first-order valence-corrected chi connectivity index (χ1v) is 8.51. The first kappa shape index (κ1) is 16.9. The maximum atomic E-state index is 10.1. The van der Waals surface area contributed by atoms with E-state index in [0.717, 1.165) is 22.4 Å². The molecule has 2 aromatic carbocycles. The minimum Gasteiger partial charge on any atom is -0.384 e. The number of rotatable bonds is 3. The summed E-state index contributed by atoms with van der Waals surface area (Å²) < 4.78 is 1.64. The molecule has 0 aliphatic heterocycles. The first-order chi connectivity index (χ1) is 13.0. The Morgan fingerprint density at radius 1 is 1.04 bits per heavy atom. The van der Waals surface area contributed by atoms with Gasteiger partial charge < -0.3 is 5.11 Å². The number of fused-ring (bicyclic) bond motifs is 1. The summed E-state index contributed by atoms with van der Waals surface area (Å²) in [6, 6.07) is 17.6. The fourth-order valence-electron chi connectivity index (χ4n) is 2.95. The normalized spacial score (nSPS) is 11.5. The molecule has 0 fully saturated rings. The van der Waals surface area contributed by atoms with E-state index in [2.05, 4.69) is 21.1 Å². The molecule has 6 heteroatoms. The van der Waals surface area contributed by atoms with Gasteiger partial charge in [-0.3, -0.25) is 0 Å². The molecule has 1 N–H and O–H groups in total. The van der Waals surface area contributed by atoms with Crippen LogP contribution in [0.5, 0.6) is 0 Å². The van der Waals surface area contributed by atoms with E-state index in [0.29, 0.717) is 17.0 Å². The number of aromatic nitrogens is 4. The van der Waals surface area contributed by atoms with Crippen LogP contribution in [0.25, 0.3) is 28.2 Å². The van der Waals surface area contributed by atoms with E-state index in [1.54, 1.807) is 36.8 Å². The fraction of sp³-hybridized carbons (Fsp3) is 0.143. The zero-order chi connectivity index (χ0) is 19.0. The van der Waals surface area contributed by atoms with Gasteiger partial charge in [0.15, 0.2) is 0 Å². The second-order valence-corrected chi connectivity index (χ2v) is 6.79. The van der Waals surface area contributed by atoms with Crippen LogP contribution in [-0.2, 0) is 5.60 Å². The summed E-state index contributed by atoms with van der Waals surface area (Å²) in [5, 5.41) is 23.9. The third-order valence-corrected chi connectivity index (χ3v) is 4.38. The molecule has 0 atom stereocenters. The van der Waals surface area contributed by atoms with Gasteiger partial charge in [-0.05, 0) is 37.1 Å². The average Bonchev–Trinajstić information content (AvgIpc) is 3.10. The highest BCUT2D eigenvalue weighted by molar-refractivity contribution is 5.75. The topological polar surface area (TPSA) is 87.1 Å². The SMILES string of the molecule is CC(C)(O)c1cnn2c(-c3cccc(-c4ccccc4C#N)c3)cnc2n1. The highest BCUT2D eigenvalue weighted by atomic mass is 16.3. The van der Waals surface area contributed by atoms with Crippen molar-refractivity contribution in [2.75, 3.05) is 0 Å². The van der Waals surface area contributed by atoms with E-state index in [9.17, 15) is 10.4 Å². The summed E-state index contributed by atoms with van der Waals surface area (Å²) in [5.74, 6) is 0.424. The van der Waals surface area contributed by atoms with Crippen molar-refractivity contribution in [3.05, 3.63) is 72.2 Å². The molecule has 0 unspecified atom stereocenters. The number of hydrogen-bond donors (Lipinski definition) is 1. The molecule has 4 aromatic rings. The molecule has 0 saturated carbocycles. The van der Waals surface area contributed by atoms with Crippen LogP contribution in [0.15, 0.2) is 60.9 Å². The molecule has 0 radical (unpaired) electrons. The van der Waals surface area contributed by atoms with E-state index in [1.165, 1.54) is 0 Å². The van der Waals surface area contributed by atoms with Gasteiger partial charge in [0.25, 0.3) is 5.78 Å². The van der Waals surface area contributed by atoms with Crippen molar-refractivity contribution in [2.45, 2.75) is 19.4 Å². The Hall–Kier alpha value is -3.56. The van der Waals surface area contributed by atoms with Gasteiger partial charge in [-0.2, -0.15) is 14.9 Å². The molecule has 0 bridgehead atoms. The van der Waals surface area contributed by atoms with Crippen molar-refractivity contribution in [2.24, 2.45) is 0 Å². The largest absolute Gasteiger partial charge is 0.384 e. The van der Waals surface area contributed by atoms with Gasteiger partial charge in [0.05, 0.1) is 35.4 Å². The van der Waals surface area contributed by atoms with Gasteiger partial charge >= 0.3 is 0 Å². The third kappa shape index (κ3) is 3.05. The van der Waals surface area contributed by atoms with Crippen LogP contribution in [0.3, 0.4) is 0 Å². The Balaban J connectivity index is 1.82. The maximum Gasteiger partial charge on any atom is 0.251 e.